The summed E-state index contributed by atoms with van der Waals surface area (Å²) >= 11 is 0. The molecule has 2 heterocycles. The summed E-state index contributed by atoms with van der Waals surface area (Å²) in [6, 6.07) is 0. The Kier molecular flexibility index (Phi) is 3.61. The first kappa shape index (κ1) is 11.3. The standard InChI is InChI=1S/C11H21NO3/c1-9(13)7-14-10-6-11(15-8-10)2-4-12-5-3-11/h9-10,12-13H,2-8H2,1H3. The fraction of sp³-hybridized carbons (Fsp3) is 1.00. The van der Waals surface area contributed by atoms with E-state index >= 15 is 0 Å². The normalized spacial score (nSPS) is 32.0. The molecule has 0 bridgehead atoms. The summed E-state index contributed by atoms with van der Waals surface area (Å²) in [7, 11) is 0. The lowest BCUT2D eigenvalue weighted by molar-refractivity contribution is -0.0281. The zero-order valence-corrected chi connectivity index (χ0v) is 9.37. The van der Waals surface area contributed by atoms with Gasteiger partial charge in [-0.1, -0.05) is 0 Å². The van der Waals surface area contributed by atoms with Gasteiger partial charge in [-0.3, -0.25) is 0 Å². The molecule has 2 fully saturated rings. The molecular formula is C11H21NO3. The largest absolute Gasteiger partial charge is 0.391 e. The molecular weight excluding hydrogens is 194 g/mol. The van der Waals surface area contributed by atoms with Gasteiger partial charge in [0.1, 0.15) is 0 Å². The third-order valence-electron chi connectivity index (χ3n) is 3.26. The lowest BCUT2D eigenvalue weighted by Gasteiger charge is -2.32. The number of piperidine rings is 1. The number of nitrogens with one attached hydrogen (secondary N) is 1. The van der Waals surface area contributed by atoms with Crippen LogP contribution in [0.1, 0.15) is 26.2 Å². The van der Waals surface area contributed by atoms with E-state index in [2.05, 4.69) is 5.32 Å². The first-order chi connectivity index (χ1) is 7.20. The maximum absolute atomic E-state index is 9.14. The van der Waals surface area contributed by atoms with E-state index in [9.17, 15) is 0 Å². The highest BCUT2D eigenvalue weighted by Crippen LogP contribution is 2.35. The van der Waals surface area contributed by atoms with Gasteiger partial charge in [-0.25, -0.2) is 0 Å². The minimum atomic E-state index is -0.380. The van der Waals surface area contributed by atoms with Gasteiger partial charge in [-0.2, -0.15) is 0 Å². The highest BCUT2D eigenvalue weighted by Gasteiger charge is 2.41. The fourth-order valence-corrected chi connectivity index (χ4v) is 2.42. The van der Waals surface area contributed by atoms with Gasteiger partial charge in [0.15, 0.2) is 0 Å². The molecule has 0 amide bonds. The molecule has 4 heteroatoms. The highest BCUT2D eigenvalue weighted by molar-refractivity contribution is 4.93. The van der Waals surface area contributed by atoms with Crippen molar-refractivity contribution in [2.75, 3.05) is 26.3 Å². The molecule has 15 heavy (non-hydrogen) atoms. The molecule has 2 aliphatic rings. The van der Waals surface area contributed by atoms with Crippen molar-refractivity contribution in [3.8, 4) is 0 Å². The fourth-order valence-electron chi connectivity index (χ4n) is 2.42. The van der Waals surface area contributed by atoms with Crippen LogP contribution < -0.4 is 5.32 Å². The third kappa shape index (κ3) is 2.91. The predicted octanol–water partition coefficient (Wildman–Crippen LogP) is 0.295. The van der Waals surface area contributed by atoms with Gasteiger partial charge in [-0.05, 0) is 32.9 Å². The van der Waals surface area contributed by atoms with Crippen LogP contribution in [0.5, 0.6) is 0 Å². The molecule has 1 spiro atoms. The highest BCUT2D eigenvalue weighted by atomic mass is 16.6. The maximum Gasteiger partial charge on any atom is 0.0837 e. The second kappa shape index (κ2) is 4.78. The Morgan fingerprint density at radius 1 is 1.53 bits per heavy atom. The van der Waals surface area contributed by atoms with Gasteiger partial charge in [-0.15, -0.1) is 0 Å². The van der Waals surface area contributed by atoms with Gasteiger partial charge in [0.2, 0.25) is 0 Å². The lowest BCUT2D eigenvalue weighted by Crippen LogP contribution is -2.41. The van der Waals surface area contributed by atoms with Gasteiger partial charge < -0.3 is 19.9 Å². The molecule has 0 saturated carbocycles. The van der Waals surface area contributed by atoms with E-state index in [0.717, 1.165) is 32.4 Å². The van der Waals surface area contributed by atoms with Gasteiger partial charge >= 0.3 is 0 Å². The van der Waals surface area contributed by atoms with Crippen LogP contribution in [-0.2, 0) is 9.47 Å². The van der Waals surface area contributed by atoms with Gasteiger partial charge in [0.25, 0.3) is 0 Å². The second-order valence-corrected chi connectivity index (χ2v) is 4.75. The average Bonchev–Trinajstić information content (AvgIpc) is 2.60. The number of aliphatic hydroxyl groups excluding tert-OH is 1. The molecule has 88 valence electrons. The Morgan fingerprint density at radius 2 is 2.27 bits per heavy atom. The van der Waals surface area contributed by atoms with E-state index in [1.807, 2.05) is 0 Å². The van der Waals surface area contributed by atoms with Crippen molar-refractivity contribution in [3.05, 3.63) is 0 Å². The van der Waals surface area contributed by atoms with E-state index in [1.165, 1.54) is 0 Å². The van der Waals surface area contributed by atoms with Crippen LogP contribution in [0.25, 0.3) is 0 Å². The van der Waals surface area contributed by atoms with Crippen molar-refractivity contribution in [3.63, 3.8) is 0 Å². The second-order valence-electron chi connectivity index (χ2n) is 4.75. The molecule has 0 aromatic heterocycles. The first-order valence-corrected chi connectivity index (χ1v) is 5.85. The molecule has 0 aromatic carbocycles. The topological polar surface area (TPSA) is 50.7 Å². The van der Waals surface area contributed by atoms with Crippen LogP contribution in [0.3, 0.4) is 0 Å². The Bertz CT molecular complexity index is 202. The summed E-state index contributed by atoms with van der Waals surface area (Å²) in [6.07, 6.45) is 2.96. The summed E-state index contributed by atoms with van der Waals surface area (Å²) in [4.78, 5) is 0. The summed E-state index contributed by atoms with van der Waals surface area (Å²) in [5, 5.41) is 12.5. The predicted molar refractivity (Wildman–Crippen MR) is 56.8 cm³/mol. The van der Waals surface area contributed by atoms with E-state index in [-0.39, 0.29) is 17.8 Å². The number of aliphatic hydroxyl groups is 1. The molecule has 2 rings (SSSR count). The molecule has 2 saturated heterocycles. The average molecular weight is 215 g/mol. The van der Waals surface area contributed by atoms with Crippen LogP contribution in [0, 0.1) is 0 Å². The van der Waals surface area contributed by atoms with Crippen LogP contribution in [0.4, 0.5) is 0 Å². The van der Waals surface area contributed by atoms with E-state index in [1.54, 1.807) is 6.92 Å². The SMILES string of the molecule is CC(O)COC1COC2(CCNCC2)C1. The van der Waals surface area contributed by atoms with Gasteiger partial charge in [0, 0.05) is 6.42 Å². The van der Waals surface area contributed by atoms with Crippen molar-refractivity contribution in [2.24, 2.45) is 0 Å². The number of ether oxygens (including phenoxy) is 2. The number of hydrogen-bond acceptors (Lipinski definition) is 4. The smallest absolute Gasteiger partial charge is 0.0837 e. The van der Waals surface area contributed by atoms with Crippen molar-refractivity contribution in [1.82, 2.24) is 5.32 Å². The Hall–Kier alpha value is -0.160. The zero-order valence-electron chi connectivity index (χ0n) is 9.37. The van der Waals surface area contributed by atoms with Crippen LogP contribution >= 0.6 is 0 Å². The lowest BCUT2D eigenvalue weighted by atomic mass is 9.89. The molecule has 2 aliphatic heterocycles. The van der Waals surface area contributed by atoms with Crippen LogP contribution in [0.2, 0.25) is 0 Å². The van der Waals surface area contributed by atoms with Crippen molar-refractivity contribution in [1.29, 1.82) is 0 Å². The van der Waals surface area contributed by atoms with Crippen LogP contribution in [-0.4, -0.2) is 49.2 Å². The summed E-state index contributed by atoms with van der Waals surface area (Å²) in [5.41, 5.74) is 0.0641. The van der Waals surface area contributed by atoms with Crippen molar-refractivity contribution in [2.45, 2.75) is 44.0 Å². The Morgan fingerprint density at radius 3 is 2.93 bits per heavy atom. The third-order valence-corrected chi connectivity index (χ3v) is 3.26. The Labute approximate surface area is 90.9 Å². The van der Waals surface area contributed by atoms with Crippen molar-refractivity contribution < 1.29 is 14.6 Å². The Balaban J connectivity index is 1.78. The monoisotopic (exact) mass is 215 g/mol. The van der Waals surface area contributed by atoms with Gasteiger partial charge in [0.05, 0.1) is 31.0 Å². The summed E-state index contributed by atoms with van der Waals surface area (Å²) in [6.45, 7) is 4.94. The first-order valence-electron chi connectivity index (χ1n) is 5.85. The minimum Gasteiger partial charge on any atom is -0.391 e. The number of hydrogen-bond donors (Lipinski definition) is 2. The molecule has 0 aliphatic carbocycles. The van der Waals surface area contributed by atoms with E-state index in [0.29, 0.717) is 13.2 Å². The minimum absolute atomic E-state index is 0.0641. The summed E-state index contributed by atoms with van der Waals surface area (Å²) in [5.74, 6) is 0. The van der Waals surface area contributed by atoms with Crippen LogP contribution in [0.15, 0.2) is 0 Å². The zero-order chi connectivity index (χ0) is 10.7. The molecule has 0 radical (unpaired) electrons. The van der Waals surface area contributed by atoms with E-state index < -0.39 is 0 Å². The van der Waals surface area contributed by atoms with Crippen molar-refractivity contribution >= 4 is 0 Å². The number of rotatable bonds is 3. The molecule has 4 nitrogen and oxygen atoms in total. The maximum atomic E-state index is 9.14. The molecule has 2 unspecified atom stereocenters. The molecule has 0 aromatic rings. The summed E-state index contributed by atoms with van der Waals surface area (Å²) < 4.78 is 11.5. The molecule has 2 N–H and O–H groups in total. The molecule has 2 atom stereocenters. The van der Waals surface area contributed by atoms with E-state index in [4.69, 9.17) is 14.6 Å². The quantitative estimate of drug-likeness (QED) is 0.710.